The molecule has 31 heavy (non-hydrogen) atoms. The van der Waals surface area contributed by atoms with Gasteiger partial charge in [-0.25, -0.2) is 9.97 Å². The van der Waals surface area contributed by atoms with Gasteiger partial charge in [-0.05, 0) is 50.6 Å². The number of aryl methyl sites for hydroxylation is 2. The second-order valence-corrected chi connectivity index (χ2v) is 7.48. The van der Waals surface area contributed by atoms with Gasteiger partial charge in [0.05, 0.1) is 11.7 Å². The Kier molecular flexibility index (Phi) is 7.59. The van der Waals surface area contributed by atoms with Crippen LogP contribution in [0, 0.1) is 19.8 Å². The fourth-order valence-electron chi connectivity index (χ4n) is 2.59. The van der Waals surface area contributed by atoms with E-state index in [1.165, 1.54) is 18.2 Å². The summed E-state index contributed by atoms with van der Waals surface area (Å²) in [4.78, 5) is 33.0. The maximum Gasteiger partial charge on any atom is 0.422 e. The molecule has 0 spiro atoms. The number of aromatic nitrogens is 2. The Bertz CT molecular complexity index is 961. The predicted molar refractivity (Wildman–Crippen MR) is 109 cm³/mol. The molecule has 0 aliphatic carbocycles. The molecule has 1 aromatic heterocycles. The number of anilines is 1. The molecule has 0 radical (unpaired) electrons. The summed E-state index contributed by atoms with van der Waals surface area (Å²) < 4.78 is 41.7. The van der Waals surface area contributed by atoms with Gasteiger partial charge in [-0.2, -0.15) is 13.2 Å². The third-order valence-electron chi connectivity index (χ3n) is 4.25. The van der Waals surface area contributed by atoms with Crippen LogP contribution in [0.5, 0.6) is 5.75 Å². The maximum atomic E-state index is 12.6. The summed E-state index contributed by atoms with van der Waals surface area (Å²) in [6, 6.07) is 5.35. The molecular weight excluding hydrogens is 413 g/mol. The number of carbonyl (C=O) groups excluding carboxylic acids is 2. The number of hydrogen-bond donors (Lipinski definition) is 2. The number of carbonyl (C=O) groups is 2. The highest BCUT2D eigenvalue weighted by Gasteiger charge is 2.28. The fraction of sp³-hybridized carbons (Fsp3) is 0.429. The van der Waals surface area contributed by atoms with Crippen molar-refractivity contribution in [1.82, 2.24) is 15.3 Å². The molecule has 2 amide bonds. The van der Waals surface area contributed by atoms with E-state index >= 15 is 0 Å². The lowest BCUT2D eigenvalue weighted by Gasteiger charge is -2.16. The smallest absolute Gasteiger partial charge is 0.422 e. The molecule has 0 bridgehead atoms. The van der Waals surface area contributed by atoms with Gasteiger partial charge in [0.25, 0.3) is 5.91 Å². The SMILES string of the molecule is Cc1cc(C(C)NC(=O)c2ccc(OCC(F)(F)F)c(C)c2)nc(NC(=O)C(C)C)n1. The molecule has 2 rings (SSSR count). The minimum absolute atomic E-state index is 0.0545. The Labute approximate surface area is 178 Å². The Morgan fingerprint density at radius 3 is 2.35 bits per heavy atom. The molecule has 1 heterocycles. The number of nitrogens with zero attached hydrogens (tertiary/aromatic N) is 2. The van der Waals surface area contributed by atoms with Crippen LogP contribution < -0.4 is 15.4 Å². The number of halogens is 3. The van der Waals surface area contributed by atoms with Crippen LogP contribution in [0.15, 0.2) is 24.3 Å². The van der Waals surface area contributed by atoms with Crippen LogP contribution in [0.2, 0.25) is 0 Å². The molecule has 0 aliphatic heterocycles. The van der Waals surface area contributed by atoms with Crippen LogP contribution in [0.25, 0.3) is 0 Å². The summed E-state index contributed by atoms with van der Waals surface area (Å²) in [5.74, 6) is -0.690. The number of nitrogens with one attached hydrogen (secondary N) is 2. The number of benzene rings is 1. The number of hydrogen-bond acceptors (Lipinski definition) is 5. The molecule has 1 unspecified atom stereocenters. The zero-order valence-electron chi connectivity index (χ0n) is 17.9. The van der Waals surface area contributed by atoms with Gasteiger partial charge in [0.1, 0.15) is 5.75 Å². The normalized spacial score (nSPS) is 12.4. The Balaban J connectivity index is 2.11. The average Bonchev–Trinajstić information content (AvgIpc) is 2.65. The third-order valence-corrected chi connectivity index (χ3v) is 4.25. The van der Waals surface area contributed by atoms with Crippen molar-refractivity contribution in [2.75, 3.05) is 11.9 Å². The quantitative estimate of drug-likeness (QED) is 0.678. The average molecular weight is 438 g/mol. The van der Waals surface area contributed by atoms with Crippen LogP contribution in [0.4, 0.5) is 19.1 Å². The summed E-state index contributed by atoms with van der Waals surface area (Å²) in [6.07, 6.45) is -4.44. The van der Waals surface area contributed by atoms with Gasteiger partial charge >= 0.3 is 6.18 Å². The predicted octanol–water partition coefficient (Wildman–Crippen LogP) is 4.12. The number of amides is 2. The van der Waals surface area contributed by atoms with Crippen LogP contribution in [0.3, 0.4) is 0 Å². The molecular formula is C21H25F3N4O3. The molecule has 2 aromatic rings. The van der Waals surface area contributed by atoms with Crippen LogP contribution in [0.1, 0.15) is 54.1 Å². The zero-order chi connectivity index (χ0) is 23.3. The lowest BCUT2D eigenvalue weighted by Crippen LogP contribution is -2.28. The van der Waals surface area contributed by atoms with E-state index in [2.05, 4.69) is 20.6 Å². The van der Waals surface area contributed by atoms with E-state index in [1.807, 2.05) is 0 Å². The lowest BCUT2D eigenvalue weighted by atomic mass is 10.1. The van der Waals surface area contributed by atoms with E-state index in [0.29, 0.717) is 17.0 Å². The Morgan fingerprint density at radius 1 is 1.10 bits per heavy atom. The van der Waals surface area contributed by atoms with Gasteiger partial charge in [0, 0.05) is 17.2 Å². The summed E-state index contributed by atoms with van der Waals surface area (Å²) in [7, 11) is 0. The van der Waals surface area contributed by atoms with Crippen molar-refractivity contribution in [3.05, 3.63) is 46.8 Å². The largest absolute Gasteiger partial charge is 0.484 e. The molecule has 0 fully saturated rings. The number of rotatable bonds is 7. The van der Waals surface area contributed by atoms with Gasteiger partial charge in [-0.15, -0.1) is 0 Å². The monoisotopic (exact) mass is 438 g/mol. The van der Waals surface area contributed by atoms with Crippen LogP contribution in [-0.4, -0.2) is 34.6 Å². The van der Waals surface area contributed by atoms with Gasteiger partial charge in [-0.1, -0.05) is 13.8 Å². The molecule has 0 aliphatic rings. The second-order valence-electron chi connectivity index (χ2n) is 7.48. The fourth-order valence-corrected chi connectivity index (χ4v) is 2.59. The number of alkyl halides is 3. The van der Waals surface area contributed by atoms with Gasteiger partial charge in [0.2, 0.25) is 11.9 Å². The van der Waals surface area contributed by atoms with E-state index in [-0.39, 0.29) is 29.1 Å². The first-order chi connectivity index (χ1) is 14.4. The van der Waals surface area contributed by atoms with Crippen molar-refractivity contribution >= 4 is 17.8 Å². The molecule has 0 saturated carbocycles. The highest BCUT2D eigenvalue weighted by molar-refractivity contribution is 5.94. The highest BCUT2D eigenvalue weighted by Crippen LogP contribution is 2.23. The molecule has 7 nitrogen and oxygen atoms in total. The van der Waals surface area contributed by atoms with Crippen molar-refractivity contribution in [2.24, 2.45) is 5.92 Å². The summed E-state index contributed by atoms with van der Waals surface area (Å²) in [5.41, 5.74) is 1.79. The molecule has 2 N–H and O–H groups in total. The zero-order valence-corrected chi connectivity index (χ0v) is 17.9. The minimum Gasteiger partial charge on any atom is -0.484 e. The van der Waals surface area contributed by atoms with E-state index < -0.39 is 24.7 Å². The van der Waals surface area contributed by atoms with Crippen molar-refractivity contribution in [3.63, 3.8) is 0 Å². The molecule has 10 heteroatoms. The third kappa shape index (κ3) is 7.23. The van der Waals surface area contributed by atoms with E-state index in [9.17, 15) is 22.8 Å². The summed E-state index contributed by atoms with van der Waals surface area (Å²) in [6.45, 7) is 7.12. The van der Waals surface area contributed by atoms with Gasteiger partial charge < -0.3 is 10.1 Å². The molecule has 1 atom stereocenters. The van der Waals surface area contributed by atoms with Crippen LogP contribution in [-0.2, 0) is 4.79 Å². The summed E-state index contributed by atoms with van der Waals surface area (Å²) in [5, 5.41) is 5.41. The van der Waals surface area contributed by atoms with E-state index in [1.54, 1.807) is 40.7 Å². The molecule has 168 valence electrons. The minimum atomic E-state index is -4.44. The molecule has 0 saturated heterocycles. The molecule has 1 aromatic carbocycles. The van der Waals surface area contributed by atoms with Gasteiger partial charge in [-0.3, -0.25) is 14.9 Å². The maximum absolute atomic E-state index is 12.6. The number of ether oxygens (including phenoxy) is 1. The first-order valence-electron chi connectivity index (χ1n) is 9.63. The standard InChI is InChI=1S/C21H25F3N4O3/c1-11(2)18(29)28-20-25-13(4)9-16(27-20)14(5)26-19(30)15-6-7-17(12(3)8-15)31-10-21(22,23)24/h6-9,11,14H,10H2,1-5H3,(H,26,30)(H,25,27,28,29). The Morgan fingerprint density at radius 2 is 1.77 bits per heavy atom. The van der Waals surface area contributed by atoms with Gasteiger partial charge in [0.15, 0.2) is 6.61 Å². The highest BCUT2D eigenvalue weighted by atomic mass is 19.4. The van der Waals surface area contributed by atoms with Crippen LogP contribution >= 0.6 is 0 Å². The van der Waals surface area contributed by atoms with Crippen molar-refractivity contribution in [2.45, 2.75) is 46.8 Å². The summed E-state index contributed by atoms with van der Waals surface area (Å²) >= 11 is 0. The lowest BCUT2D eigenvalue weighted by molar-refractivity contribution is -0.153. The first kappa shape index (κ1) is 24.1. The second kappa shape index (κ2) is 9.76. The Hall–Kier alpha value is -3.17. The topological polar surface area (TPSA) is 93.2 Å². The first-order valence-corrected chi connectivity index (χ1v) is 9.63. The van der Waals surface area contributed by atoms with Crippen molar-refractivity contribution < 1.29 is 27.5 Å². The van der Waals surface area contributed by atoms with E-state index in [4.69, 9.17) is 4.74 Å². The van der Waals surface area contributed by atoms with Crippen molar-refractivity contribution in [1.29, 1.82) is 0 Å². The van der Waals surface area contributed by atoms with Crippen molar-refractivity contribution in [3.8, 4) is 5.75 Å². The van der Waals surface area contributed by atoms with E-state index in [0.717, 1.165) is 0 Å².